The molecule has 0 heterocycles. The molecule has 18 heavy (non-hydrogen) atoms. The highest BCUT2D eigenvalue weighted by molar-refractivity contribution is 9.11. The van der Waals surface area contributed by atoms with E-state index in [4.69, 9.17) is 16.2 Å². The van der Waals surface area contributed by atoms with Gasteiger partial charge in [0.1, 0.15) is 5.76 Å². The number of guanidine groups is 1. The molecule has 0 bridgehead atoms. The summed E-state index contributed by atoms with van der Waals surface area (Å²) in [5.41, 5.74) is 10.6. The maximum absolute atomic E-state index is 12.0. The number of allylic oxidation sites excluding steroid dienone is 2. The van der Waals surface area contributed by atoms with Crippen LogP contribution in [0.5, 0.6) is 0 Å². The Morgan fingerprint density at radius 3 is 2.89 bits per heavy atom. The fraction of sp³-hybridized carbons (Fsp3) is 0.583. The summed E-state index contributed by atoms with van der Waals surface area (Å²) >= 11 is 3.52. The van der Waals surface area contributed by atoms with Crippen LogP contribution in [0, 0.1) is 11.8 Å². The Labute approximate surface area is 115 Å². The Morgan fingerprint density at radius 2 is 2.28 bits per heavy atom. The zero-order chi connectivity index (χ0) is 13.5. The van der Waals surface area contributed by atoms with Crippen LogP contribution in [0.15, 0.2) is 27.4 Å². The molecule has 0 aromatic rings. The minimum atomic E-state index is -0.364. The highest BCUT2D eigenvalue weighted by Crippen LogP contribution is 2.34. The zero-order valence-corrected chi connectivity index (χ0v) is 12.0. The number of nitrogens with zero attached hydrogens (tertiary/aromatic N) is 1. The number of hydrogen-bond donors (Lipinski definition) is 2. The predicted molar refractivity (Wildman–Crippen MR) is 75.0 cm³/mol. The van der Waals surface area contributed by atoms with Gasteiger partial charge in [0.15, 0.2) is 5.96 Å². The molecule has 2 unspecified atom stereocenters. The first-order valence-electron chi connectivity index (χ1n) is 5.88. The van der Waals surface area contributed by atoms with E-state index in [-0.39, 0.29) is 24.5 Å². The lowest BCUT2D eigenvalue weighted by atomic mass is 9.89. The van der Waals surface area contributed by atoms with Gasteiger partial charge in [-0.05, 0) is 12.0 Å². The third kappa shape index (κ3) is 4.33. The summed E-state index contributed by atoms with van der Waals surface area (Å²) in [5.74, 6) is 1.33. The molecule has 0 amide bonds. The van der Waals surface area contributed by atoms with E-state index in [1.807, 2.05) is 12.2 Å². The lowest BCUT2D eigenvalue weighted by Gasteiger charge is -2.25. The van der Waals surface area contributed by atoms with Gasteiger partial charge >= 0.3 is 0 Å². The van der Waals surface area contributed by atoms with E-state index in [1.54, 1.807) is 0 Å². The van der Waals surface area contributed by atoms with Crippen LogP contribution in [-0.2, 0) is 4.74 Å². The van der Waals surface area contributed by atoms with Gasteiger partial charge in [-0.1, -0.05) is 28.9 Å². The highest BCUT2D eigenvalue weighted by atomic mass is 79.9. The Kier molecular flexibility index (Phi) is 6.18. The Morgan fingerprint density at radius 1 is 1.56 bits per heavy atom. The van der Waals surface area contributed by atoms with Gasteiger partial charge in [-0.2, -0.15) is 0 Å². The largest absolute Gasteiger partial charge is 0.493 e. The first-order chi connectivity index (χ1) is 8.56. The van der Waals surface area contributed by atoms with E-state index >= 15 is 0 Å². The van der Waals surface area contributed by atoms with Crippen molar-refractivity contribution in [1.82, 2.24) is 0 Å². The van der Waals surface area contributed by atoms with Crippen molar-refractivity contribution in [2.24, 2.45) is 28.3 Å². The SMILES string of the molecule is CC1C(Br)=C(OCCCF)C=CC1CN=C(N)N. The molecule has 0 saturated heterocycles. The summed E-state index contributed by atoms with van der Waals surface area (Å²) < 4.78 is 18.5. The topological polar surface area (TPSA) is 73.6 Å². The molecule has 0 aromatic heterocycles. The highest BCUT2D eigenvalue weighted by Gasteiger charge is 2.24. The first kappa shape index (κ1) is 15.0. The van der Waals surface area contributed by atoms with Crippen LogP contribution in [0.4, 0.5) is 4.39 Å². The maximum atomic E-state index is 12.0. The van der Waals surface area contributed by atoms with Gasteiger partial charge in [0.25, 0.3) is 0 Å². The van der Waals surface area contributed by atoms with Crippen LogP contribution < -0.4 is 11.5 Å². The minimum absolute atomic E-state index is 0.0979. The van der Waals surface area contributed by atoms with Crippen LogP contribution in [-0.4, -0.2) is 25.8 Å². The van der Waals surface area contributed by atoms with Gasteiger partial charge in [0.2, 0.25) is 0 Å². The zero-order valence-electron chi connectivity index (χ0n) is 10.4. The molecule has 6 heteroatoms. The van der Waals surface area contributed by atoms with Gasteiger partial charge in [0.05, 0.1) is 13.3 Å². The van der Waals surface area contributed by atoms with Gasteiger partial charge < -0.3 is 16.2 Å². The fourth-order valence-corrected chi connectivity index (χ4v) is 2.24. The molecule has 4 nitrogen and oxygen atoms in total. The minimum Gasteiger partial charge on any atom is -0.493 e. The summed E-state index contributed by atoms with van der Waals surface area (Å²) in [4.78, 5) is 4.02. The molecule has 0 radical (unpaired) electrons. The number of nitrogens with two attached hydrogens (primary N) is 2. The maximum Gasteiger partial charge on any atom is 0.185 e. The number of halogens is 2. The second-order valence-corrected chi connectivity index (χ2v) is 5.03. The van der Waals surface area contributed by atoms with Gasteiger partial charge in [-0.3, -0.25) is 9.38 Å². The van der Waals surface area contributed by atoms with Crippen molar-refractivity contribution >= 4 is 21.9 Å². The van der Waals surface area contributed by atoms with Gasteiger partial charge in [-0.25, -0.2) is 0 Å². The quantitative estimate of drug-likeness (QED) is 0.447. The molecule has 0 spiro atoms. The van der Waals surface area contributed by atoms with Crippen LogP contribution in [0.3, 0.4) is 0 Å². The van der Waals surface area contributed by atoms with E-state index in [1.165, 1.54) is 0 Å². The molecule has 2 atom stereocenters. The van der Waals surface area contributed by atoms with E-state index in [9.17, 15) is 4.39 Å². The molecular weight excluding hydrogens is 301 g/mol. The second-order valence-electron chi connectivity index (χ2n) is 4.18. The van der Waals surface area contributed by atoms with Crippen LogP contribution in [0.1, 0.15) is 13.3 Å². The molecule has 1 aliphatic carbocycles. The smallest absolute Gasteiger partial charge is 0.185 e. The third-order valence-corrected chi connectivity index (χ3v) is 3.91. The van der Waals surface area contributed by atoms with Gasteiger partial charge in [-0.15, -0.1) is 0 Å². The molecule has 0 aliphatic heterocycles. The summed E-state index contributed by atoms with van der Waals surface area (Å²) in [6, 6.07) is 0. The van der Waals surface area contributed by atoms with E-state index in [0.29, 0.717) is 19.6 Å². The molecule has 1 aliphatic rings. The predicted octanol–water partition coefficient (Wildman–Crippen LogP) is 2.06. The van der Waals surface area contributed by atoms with Crippen LogP contribution in [0.2, 0.25) is 0 Å². The van der Waals surface area contributed by atoms with Crippen molar-refractivity contribution < 1.29 is 9.13 Å². The number of rotatable bonds is 6. The fourth-order valence-electron chi connectivity index (χ4n) is 1.65. The Balaban J connectivity index is 2.60. The number of ether oxygens (including phenoxy) is 1. The molecule has 1 rings (SSSR count). The standard InChI is InChI=1S/C12H19BrFN3O/c1-8-9(7-17-12(15)16)3-4-10(11(8)13)18-6-2-5-14/h3-4,8-9H,2,5-7H2,1H3,(H4,15,16,17). The average molecular weight is 320 g/mol. The number of hydrogen-bond acceptors (Lipinski definition) is 2. The Bertz CT molecular complexity index is 364. The number of aliphatic imine (C=N–C) groups is 1. The van der Waals surface area contributed by atoms with Gasteiger partial charge in [0, 0.05) is 23.4 Å². The average Bonchev–Trinajstić information content (AvgIpc) is 2.33. The monoisotopic (exact) mass is 319 g/mol. The summed E-state index contributed by atoms with van der Waals surface area (Å²) in [6.45, 7) is 2.64. The summed E-state index contributed by atoms with van der Waals surface area (Å²) in [6.07, 6.45) is 4.31. The second kappa shape index (κ2) is 7.41. The van der Waals surface area contributed by atoms with Crippen molar-refractivity contribution in [3.8, 4) is 0 Å². The third-order valence-electron chi connectivity index (χ3n) is 2.79. The normalized spacial score (nSPS) is 23.1. The number of alkyl halides is 1. The van der Waals surface area contributed by atoms with Crippen molar-refractivity contribution in [2.45, 2.75) is 13.3 Å². The molecule has 0 fully saturated rings. The van der Waals surface area contributed by atoms with E-state index < -0.39 is 0 Å². The molecule has 0 saturated carbocycles. The van der Waals surface area contributed by atoms with Crippen molar-refractivity contribution in [2.75, 3.05) is 19.8 Å². The lowest BCUT2D eigenvalue weighted by molar-refractivity contribution is 0.203. The summed E-state index contributed by atoms with van der Waals surface area (Å²) in [7, 11) is 0. The van der Waals surface area contributed by atoms with Crippen molar-refractivity contribution in [3.63, 3.8) is 0 Å². The summed E-state index contributed by atoms with van der Waals surface area (Å²) in [5, 5.41) is 0. The molecule has 102 valence electrons. The van der Waals surface area contributed by atoms with Crippen molar-refractivity contribution in [1.29, 1.82) is 0 Å². The van der Waals surface area contributed by atoms with Crippen LogP contribution in [0.25, 0.3) is 0 Å². The first-order valence-corrected chi connectivity index (χ1v) is 6.67. The molecule has 0 aromatic carbocycles. The van der Waals surface area contributed by atoms with E-state index in [2.05, 4.69) is 27.8 Å². The van der Waals surface area contributed by atoms with E-state index in [0.717, 1.165) is 10.2 Å². The van der Waals surface area contributed by atoms with Crippen LogP contribution >= 0.6 is 15.9 Å². The van der Waals surface area contributed by atoms with Crippen molar-refractivity contribution in [3.05, 3.63) is 22.4 Å². The molecular formula is C12H19BrFN3O. The lowest BCUT2D eigenvalue weighted by Crippen LogP contribution is -2.25. The molecule has 4 N–H and O–H groups in total. The Hall–Kier alpha value is -1.04.